The van der Waals surface area contributed by atoms with Gasteiger partial charge in [-0.1, -0.05) is 6.08 Å². The number of aromatic amines is 1. The van der Waals surface area contributed by atoms with Crippen molar-refractivity contribution in [2.24, 2.45) is 4.99 Å². The number of carbonyl (C=O) groups excluding carboxylic acids is 1. The second-order valence-electron chi connectivity index (χ2n) is 9.56. The fraction of sp³-hybridized carbons (Fsp3) is 0.429. The Morgan fingerprint density at radius 2 is 1.95 bits per heavy atom. The number of nitrogens with one attached hydrogen (secondary N) is 3. The molecule has 2 aromatic heterocycles. The summed E-state index contributed by atoms with van der Waals surface area (Å²) in [5, 5.41) is 7.46. The van der Waals surface area contributed by atoms with E-state index in [0.717, 1.165) is 80.0 Å². The average Bonchev–Trinajstić information content (AvgIpc) is 3.37. The van der Waals surface area contributed by atoms with Gasteiger partial charge in [-0.15, -0.1) is 0 Å². The minimum absolute atomic E-state index is 0.0491. The van der Waals surface area contributed by atoms with Crippen LogP contribution in [0.15, 0.2) is 47.6 Å². The summed E-state index contributed by atoms with van der Waals surface area (Å²) in [5.74, 6) is 0.440. The van der Waals surface area contributed by atoms with Crippen molar-refractivity contribution in [2.75, 3.05) is 31.6 Å². The SMILES string of the molecule is CC=N/C(=C\C)c1ccnc(Nc2ccc3[nH]c(C(=O)NC4CCC(N5CCOCC5)CC4)cc3c2)n1. The van der Waals surface area contributed by atoms with Gasteiger partial charge in [0.05, 0.1) is 24.6 Å². The van der Waals surface area contributed by atoms with Crippen molar-refractivity contribution in [1.29, 1.82) is 0 Å². The van der Waals surface area contributed by atoms with Crippen LogP contribution in [0.4, 0.5) is 11.6 Å². The van der Waals surface area contributed by atoms with Crippen LogP contribution in [0.5, 0.6) is 0 Å². The molecular formula is C28H35N7O2. The third-order valence-corrected chi connectivity index (χ3v) is 7.18. The molecule has 1 aromatic carbocycles. The number of fused-ring (bicyclic) bond motifs is 1. The van der Waals surface area contributed by atoms with Crippen LogP contribution in [0.3, 0.4) is 0 Å². The molecule has 1 amide bonds. The molecule has 9 heteroatoms. The molecule has 0 radical (unpaired) electrons. The summed E-state index contributed by atoms with van der Waals surface area (Å²) in [4.78, 5) is 32.1. The van der Waals surface area contributed by atoms with Crippen LogP contribution in [0, 0.1) is 0 Å². The smallest absolute Gasteiger partial charge is 0.267 e. The number of allylic oxidation sites excluding steroid dienone is 1. The van der Waals surface area contributed by atoms with E-state index in [1.165, 1.54) is 0 Å². The molecule has 0 bridgehead atoms. The summed E-state index contributed by atoms with van der Waals surface area (Å²) in [6, 6.07) is 10.5. The van der Waals surface area contributed by atoms with Crippen molar-refractivity contribution < 1.29 is 9.53 Å². The average molecular weight is 502 g/mol. The second-order valence-corrected chi connectivity index (χ2v) is 9.56. The van der Waals surface area contributed by atoms with E-state index >= 15 is 0 Å². The van der Waals surface area contributed by atoms with E-state index in [9.17, 15) is 4.79 Å². The van der Waals surface area contributed by atoms with Crippen molar-refractivity contribution in [3.63, 3.8) is 0 Å². The summed E-state index contributed by atoms with van der Waals surface area (Å²) in [6.45, 7) is 7.52. The van der Waals surface area contributed by atoms with Gasteiger partial charge in [0.25, 0.3) is 5.91 Å². The summed E-state index contributed by atoms with van der Waals surface area (Å²) in [5.41, 5.74) is 3.88. The van der Waals surface area contributed by atoms with Crippen molar-refractivity contribution >= 4 is 40.4 Å². The zero-order valence-corrected chi connectivity index (χ0v) is 21.5. The summed E-state index contributed by atoms with van der Waals surface area (Å²) >= 11 is 0. The molecule has 0 spiro atoms. The molecule has 3 N–H and O–H groups in total. The van der Waals surface area contributed by atoms with Gasteiger partial charge in [-0.25, -0.2) is 9.97 Å². The molecule has 0 atom stereocenters. The molecule has 1 saturated heterocycles. The van der Waals surface area contributed by atoms with Crippen LogP contribution in [0.1, 0.15) is 55.7 Å². The largest absolute Gasteiger partial charge is 0.379 e. The van der Waals surface area contributed by atoms with Gasteiger partial charge < -0.3 is 20.4 Å². The number of morpholine rings is 1. The van der Waals surface area contributed by atoms with Crippen LogP contribution in [0.25, 0.3) is 16.6 Å². The predicted molar refractivity (Wildman–Crippen MR) is 147 cm³/mol. The molecule has 1 aliphatic carbocycles. The Hall–Kier alpha value is -3.56. The minimum Gasteiger partial charge on any atom is -0.379 e. The van der Waals surface area contributed by atoms with E-state index in [-0.39, 0.29) is 11.9 Å². The highest BCUT2D eigenvalue weighted by Gasteiger charge is 2.28. The summed E-state index contributed by atoms with van der Waals surface area (Å²) < 4.78 is 5.48. The van der Waals surface area contributed by atoms with Gasteiger partial charge in [0, 0.05) is 54.2 Å². The fourth-order valence-corrected chi connectivity index (χ4v) is 5.24. The molecule has 9 nitrogen and oxygen atoms in total. The number of nitrogens with zero attached hydrogens (tertiary/aromatic N) is 4. The monoisotopic (exact) mass is 501 g/mol. The first-order chi connectivity index (χ1) is 18.1. The summed E-state index contributed by atoms with van der Waals surface area (Å²) in [7, 11) is 0. The highest BCUT2D eigenvalue weighted by molar-refractivity contribution is 5.98. The van der Waals surface area contributed by atoms with Crippen molar-refractivity contribution in [3.8, 4) is 0 Å². The molecule has 194 valence electrons. The van der Waals surface area contributed by atoms with E-state index in [1.54, 1.807) is 12.4 Å². The molecule has 3 heterocycles. The van der Waals surface area contributed by atoms with Gasteiger partial charge in [0.15, 0.2) is 0 Å². The fourth-order valence-electron chi connectivity index (χ4n) is 5.24. The Morgan fingerprint density at radius 1 is 1.14 bits per heavy atom. The van der Waals surface area contributed by atoms with Crippen molar-refractivity contribution in [2.45, 2.75) is 51.6 Å². The normalized spacial score (nSPS) is 21.4. The van der Waals surface area contributed by atoms with Gasteiger partial charge in [-0.05, 0) is 69.9 Å². The van der Waals surface area contributed by atoms with Gasteiger partial charge in [-0.3, -0.25) is 14.7 Å². The third-order valence-electron chi connectivity index (χ3n) is 7.18. The molecular weight excluding hydrogens is 466 g/mol. The van der Waals surface area contributed by atoms with Crippen molar-refractivity contribution in [1.82, 2.24) is 25.2 Å². The lowest BCUT2D eigenvalue weighted by Crippen LogP contribution is -2.47. The number of ether oxygens (including phenoxy) is 1. The molecule has 5 rings (SSSR count). The first-order valence-corrected chi connectivity index (χ1v) is 13.1. The predicted octanol–water partition coefficient (Wildman–Crippen LogP) is 4.53. The van der Waals surface area contributed by atoms with E-state index < -0.39 is 0 Å². The Labute approximate surface area is 217 Å². The number of rotatable bonds is 7. The first-order valence-electron chi connectivity index (χ1n) is 13.1. The van der Waals surface area contributed by atoms with E-state index in [0.29, 0.717) is 17.7 Å². The lowest BCUT2D eigenvalue weighted by Gasteiger charge is -2.38. The number of H-pyrrole nitrogens is 1. The number of amides is 1. The molecule has 37 heavy (non-hydrogen) atoms. The number of hydrogen-bond donors (Lipinski definition) is 3. The quantitative estimate of drug-likeness (QED) is 0.411. The summed E-state index contributed by atoms with van der Waals surface area (Å²) in [6.07, 6.45) is 9.64. The molecule has 2 aliphatic rings. The minimum atomic E-state index is -0.0491. The van der Waals surface area contributed by atoms with E-state index in [1.807, 2.05) is 50.3 Å². The zero-order chi connectivity index (χ0) is 25.6. The molecule has 1 saturated carbocycles. The molecule has 3 aromatic rings. The van der Waals surface area contributed by atoms with Crippen LogP contribution >= 0.6 is 0 Å². The second kappa shape index (κ2) is 11.7. The van der Waals surface area contributed by atoms with Crippen LogP contribution in [-0.2, 0) is 4.74 Å². The highest BCUT2D eigenvalue weighted by atomic mass is 16.5. The number of aliphatic imine (C=N–C) groups is 1. The Kier molecular flexibility index (Phi) is 7.91. The van der Waals surface area contributed by atoms with Crippen LogP contribution in [0.2, 0.25) is 0 Å². The van der Waals surface area contributed by atoms with E-state index in [2.05, 4.69) is 35.5 Å². The Bertz CT molecular complexity index is 1280. The number of hydrogen-bond acceptors (Lipinski definition) is 7. The van der Waals surface area contributed by atoms with Gasteiger partial charge in [-0.2, -0.15) is 0 Å². The number of anilines is 2. The highest BCUT2D eigenvalue weighted by Crippen LogP contribution is 2.26. The first kappa shape index (κ1) is 25.1. The lowest BCUT2D eigenvalue weighted by atomic mass is 9.90. The number of carbonyl (C=O) groups is 1. The standard InChI is InChI=1S/C28H35N7O2/c1-3-23(29-4-2)25-11-12-30-28(34-25)32-21-7-10-24-19(17-21)18-26(33-24)27(36)31-20-5-8-22(9-6-20)35-13-15-37-16-14-35/h3-4,7,10-12,17-18,20,22,33H,5-6,8-9,13-16H2,1-2H3,(H,31,36)(H,30,32,34)/b23-3-,29-4?. The molecule has 0 unspecified atom stereocenters. The van der Waals surface area contributed by atoms with Crippen LogP contribution in [-0.4, -0.2) is 70.4 Å². The number of aromatic nitrogens is 3. The topological polar surface area (TPSA) is 108 Å². The lowest BCUT2D eigenvalue weighted by molar-refractivity contribution is 0.00664. The van der Waals surface area contributed by atoms with Crippen molar-refractivity contribution in [3.05, 3.63) is 54.0 Å². The maximum Gasteiger partial charge on any atom is 0.267 e. The van der Waals surface area contributed by atoms with E-state index in [4.69, 9.17) is 4.74 Å². The third kappa shape index (κ3) is 6.06. The molecule has 1 aliphatic heterocycles. The maximum absolute atomic E-state index is 13.0. The molecule has 2 fully saturated rings. The maximum atomic E-state index is 13.0. The number of benzene rings is 1. The van der Waals surface area contributed by atoms with Gasteiger partial charge in [0.1, 0.15) is 5.69 Å². The Morgan fingerprint density at radius 3 is 2.70 bits per heavy atom. The van der Waals surface area contributed by atoms with Crippen LogP contribution < -0.4 is 10.6 Å². The van der Waals surface area contributed by atoms with Gasteiger partial charge >= 0.3 is 0 Å². The van der Waals surface area contributed by atoms with Gasteiger partial charge in [0.2, 0.25) is 5.95 Å². The Balaban J connectivity index is 1.21. The zero-order valence-electron chi connectivity index (χ0n) is 21.5.